The van der Waals surface area contributed by atoms with Gasteiger partial charge in [-0.3, -0.25) is 0 Å². The molecule has 1 aromatic carbocycles. The number of β-amino-alcohol motifs (C(OH)–C–C–N with tert-alkyl or cyclic N) is 1. The summed E-state index contributed by atoms with van der Waals surface area (Å²) in [5.41, 5.74) is 0.571. The van der Waals surface area contributed by atoms with E-state index in [9.17, 15) is 5.11 Å². The average molecular weight is 288 g/mol. The van der Waals surface area contributed by atoms with E-state index in [1.807, 2.05) is 0 Å². The highest BCUT2D eigenvalue weighted by Crippen LogP contribution is 2.23. The molecule has 1 aliphatic rings. The van der Waals surface area contributed by atoms with Crippen molar-refractivity contribution in [2.24, 2.45) is 11.8 Å². The molecule has 0 bridgehead atoms. The molecule has 1 N–H and O–H groups in total. The summed E-state index contributed by atoms with van der Waals surface area (Å²) in [6, 6.07) is 9.10. The molecule has 1 heterocycles. The number of rotatable bonds is 6. The van der Waals surface area contributed by atoms with E-state index in [0.717, 1.165) is 19.0 Å². The molecule has 4 heteroatoms. The molecular weight excluding hydrogens is 264 g/mol. The lowest BCUT2D eigenvalue weighted by Crippen LogP contribution is -2.34. The molecule has 0 aliphatic carbocycles. The molecule has 1 fully saturated rings. The maximum atomic E-state index is 10.1. The zero-order valence-corrected chi connectivity index (χ0v) is 12.8. The normalized spacial score (nSPS) is 20.4. The Balaban J connectivity index is 1.75. The maximum absolute atomic E-state index is 10.1. The highest BCUT2D eigenvalue weighted by molar-refractivity contribution is 5.36. The van der Waals surface area contributed by atoms with Crippen molar-refractivity contribution in [3.63, 3.8) is 0 Å². The summed E-state index contributed by atoms with van der Waals surface area (Å²) < 4.78 is 5.57. The van der Waals surface area contributed by atoms with Gasteiger partial charge in [0.2, 0.25) is 0 Å². The van der Waals surface area contributed by atoms with Crippen LogP contribution in [0.25, 0.3) is 0 Å². The summed E-state index contributed by atoms with van der Waals surface area (Å²) in [5.74, 6) is 2.08. The predicted octanol–water partition coefficient (Wildman–Crippen LogP) is 2.28. The lowest BCUT2D eigenvalue weighted by Gasteiger charge is -2.21. The Morgan fingerprint density at radius 1 is 1.48 bits per heavy atom. The number of hydrogen-bond donors (Lipinski definition) is 1. The summed E-state index contributed by atoms with van der Waals surface area (Å²) in [7, 11) is 0. The van der Waals surface area contributed by atoms with Crippen LogP contribution < -0.4 is 4.74 Å². The number of ether oxygens (including phenoxy) is 1. The lowest BCUT2D eigenvalue weighted by atomic mass is 9.95. The van der Waals surface area contributed by atoms with E-state index in [2.05, 4.69) is 24.8 Å². The van der Waals surface area contributed by atoms with Crippen molar-refractivity contribution in [3.05, 3.63) is 29.8 Å². The van der Waals surface area contributed by atoms with Crippen molar-refractivity contribution in [3.8, 4) is 11.8 Å². The largest absolute Gasteiger partial charge is 0.491 e. The number of hydrogen-bond acceptors (Lipinski definition) is 4. The number of aliphatic hydroxyl groups is 1. The van der Waals surface area contributed by atoms with Gasteiger partial charge in [-0.2, -0.15) is 5.26 Å². The zero-order chi connectivity index (χ0) is 15.2. The Bertz CT molecular complexity index is 496. The first-order chi connectivity index (χ1) is 10.1. The molecule has 2 atom stereocenters. The molecule has 0 saturated carbocycles. The fourth-order valence-electron chi connectivity index (χ4n) is 2.77. The van der Waals surface area contributed by atoms with Crippen LogP contribution in [0.2, 0.25) is 0 Å². The summed E-state index contributed by atoms with van der Waals surface area (Å²) >= 11 is 0. The quantitative estimate of drug-likeness (QED) is 0.872. The minimum absolute atomic E-state index is 0.262. The highest BCUT2D eigenvalue weighted by Gasteiger charge is 2.26. The van der Waals surface area contributed by atoms with Crippen molar-refractivity contribution >= 4 is 0 Å². The molecular formula is C17H24N2O2. The summed E-state index contributed by atoms with van der Waals surface area (Å²) in [5, 5.41) is 18.9. The third-order valence-corrected chi connectivity index (χ3v) is 4.13. The Labute approximate surface area is 127 Å². The van der Waals surface area contributed by atoms with E-state index in [0.29, 0.717) is 23.8 Å². The number of benzene rings is 1. The molecule has 1 aliphatic heterocycles. The van der Waals surface area contributed by atoms with Gasteiger partial charge in [-0.25, -0.2) is 0 Å². The van der Waals surface area contributed by atoms with Gasteiger partial charge in [-0.1, -0.05) is 19.9 Å². The fourth-order valence-corrected chi connectivity index (χ4v) is 2.77. The number of likely N-dealkylation sites (tertiary alicyclic amines) is 1. The molecule has 0 amide bonds. The van der Waals surface area contributed by atoms with Gasteiger partial charge in [0.1, 0.15) is 18.5 Å². The summed E-state index contributed by atoms with van der Waals surface area (Å²) in [4.78, 5) is 2.31. The van der Waals surface area contributed by atoms with E-state index >= 15 is 0 Å². The van der Waals surface area contributed by atoms with Crippen molar-refractivity contribution < 1.29 is 9.84 Å². The Morgan fingerprint density at radius 2 is 2.29 bits per heavy atom. The molecule has 1 saturated heterocycles. The number of nitrogens with zero attached hydrogens (tertiary/aromatic N) is 2. The van der Waals surface area contributed by atoms with Crippen LogP contribution in [0, 0.1) is 23.2 Å². The highest BCUT2D eigenvalue weighted by atomic mass is 16.5. The standard InChI is InChI=1S/C17H24N2O2/c1-13(2)15-6-7-19(10-15)11-16(20)12-21-17-5-3-4-14(8-17)9-18/h3-5,8,13,15-16,20H,6-7,10-12H2,1-2H3. The first-order valence-corrected chi connectivity index (χ1v) is 7.62. The average Bonchev–Trinajstić information content (AvgIpc) is 2.94. The SMILES string of the molecule is CC(C)C1CCN(CC(O)COc2cccc(C#N)c2)C1. The van der Waals surface area contributed by atoms with Gasteiger partial charge >= 0.3 is 0 Å². The Morgan fingerprint density at radius 3 is 2.95 bits per heavy atom. The number of aliphatic hydroxyl groups excluding tert-OH is 1. The first-order valence-electron chi connectivity index (χ1n) is 7.62. The molecule has 4 nitrogen and oxygen atoms in total. The van der Waals surface area contributed by atoms with E-state index in [-0.39, 0.29) is 6.61 Å². The van der Waals surface area contributed by atoms with Crippen LogP contribution in [0.3, 0.4) is 0 Å². The molecule has 1 aromatic rings. The van der Waals surface area contributed by atoms with E-state index in [1.165, 1.54) is 6.42 Å². The topological polar surface area (TPSA) is 56.5 Å². The maximum Gasteiger partial charge on any atom is 0.120 e. The second-order valence-electron chi connectivity index (χ2n) is 6.16. The van der Waals surface area contributed by atoms with Crippen LogP contribution in [0.4, 0.5) is 0 Å². The van der Waals surface area contributed by atoms with Gasteiger partial charge in [0.25, 0.3) is 0 Å². The first kappa shape index (κ1) is 15.8. The minimum atomic E-state index is -0.498. The van der Waals surface area contributed by atoms with E-state index in [4.69, 9.17) is 10.00 Å². The van der Waals surface area contributed by atoms with Crippen LogP contribution >= 0.6 is 0 Å². The third-order valence-electron chi connectivity index (χ3n) is 4.13. The third kappa shape index (κ3) is 4.73. The fraction of sp³-hybridized carbons (Fsp3) is 0.588. The van der Waals surface area contributed by atoms with Crippen LogP contribution in [-0.2, 0) is 0 Å². The van der Waals surface area contributed by atoms with Crippen molar-refractivity contribution in [1.82, 2.24) is 4.90 Å². The second-order valence-corrected chi connectivity index (χ2v) is 6.16. The van der Waals surface area contributed by atoms with Crippen LogP contribution in [0.15, 0.2) is 24.3 Å². The molecule has 0 radical (unpaired) electrons. The Hall–Kier alpha value is -1.57. The summed E-state index contributed by atoms with van der Waals surface area (Å²) in [6.45, 7) is 7.56. The van der Waals surface area contributed by atoms with Gasteiger partial charge in [-0.15, -0.1) is 0 Å². The van der Waals surface area contributed by atoms with Gasteiger partial charge in [0.15, 0.2) is 0 Å². The zero-order valence-electron chi connectivity index (χ0n) is 12.8. The van der Waals surface area contributed by atoms with Gasteiger partial charge in [0.05, 0.1) is 11.6 Å². The van der Waals surface area contributed by atoms with E-state index < -0.39 is 6.10 Å². The van der Waals surface area contributed by atoms with Crippen molar-refractivity contribution in [2.45, 2.75) is 26.4 Å². The van der Waals surface area contributed by atoms with E-state index in [1.54, 1.807) is 24.3 Å². The summed E-state index contributed by atoms with van der Waals surface area (Å²) in [6.07, 6.45) is 0.719. The smallest absolute Gasteiger partial charge is 0.120 e. The second kappa shape index (κ2) is 7.44. The van der Waals surface area contributed by atoms with Crippen LogP contribution in [-0.4, -0.2) is 42.4 Å². The lowest BCUT2D eigenvalue weighted by molar-refractivity contribution is 0.0740. The molecule has 0 aromatic heterocycles. The monoisotopic (exact) mass is 288 g/mol. The minimum Gasteiger partial charge on any atom is -0.491 e. The van der Waals surface area contributed by atoms with Crippen LogP contribution in [0.1, 0.15) is 25.8 Å². The predicted molar refractivity (Wildman–Crippen MR) is 82.0 cm³/mol. The van der Waals surface area contributed by atoms with Gasteiger partial charge in [0, 0.05) is 13.1 Å². The molecule has 114 valence electrons. The van der Waals surface area contributed by atoms with Gasteiger partial charge in [-0.05, 0) is 43.0 Å². The van der Waals surface area contributed by atoms with Crippen LogP contribution in [0.5, 0.6) is 5.75 Å². The van der Waals surface area contributed by atoms with Gasteiger partial charge < -0.3 is 14.7 Å². The van der Waals surface area contributed by atoms with Crippen molar-refractivity contribution in [1.29, 1.82) is 5.26 Å². The number of nitriles is 1. The molecule has 0 spiro atoms. The molecule has 2 rings (SSSR count). The van der Waals surface area contributed by atoms with Crippen molar-refractivity contribution in [2.75, 3.05) is 26.2 Å². The Kier molecular flexibility index (Phi) is 5.60. The molecule has 2 unspecified atom stereocenters. The molecule has 21 heavy (non-hydrogen) atoms.